The van der Waals surface area contributed by atoms with Crippen LogP contribution in [0.15, 0.2) is 36.5 Å². The second kappa shape index (κ2) is 3.29. The Kier molecular flexibility index (Phi) is 2.12. The summed E-state index contributed by atoms with van der Waals surface area (Å²) in [7, 11) is 0. The lowest BCUT2D eigenvalue weighted by Gasteiger charge is -2.04. The molecule has 14 heavy (non-hydrogen) atoms. The lowest BCUT2D eigenvalue weighted by atomic mass is 10.2. The molecule has 1 aromatic heterocycles. The third-order valence-corrected chi connectivity index (χ3v) is 2.38. The molecule has 2 rings (SSSR count). The quantitative estimate of drug-likeness (QED) is 0.683. The number of hydrogen-bond donors (Lipinski definition) is 1. The summed E-state index contributed by atoms with van der Waals surface area (Å²) >= 11 is 0. The Hall–Kier alpha value is -1.57. The summed E-state index contributed by atoms with van der Waals surface area (Å²) in [6.45, 7) is 4.21. The van der Waals surface area contributed by atoms with Gasteiger partial charge in [-0.1, -0.05) is 6.07 Å². The van der Waals surface area contributed by atoms with E-state index in [0.29, 0.717) is 11.8 Å². The SMILES string of the molecule is CC(C)[n+]1cccc2cccc(O)c21. The zero-order valence-electron chi connectivity index (χ0n) is 8.44. The van der Waals surface area contributed by atoms with Crippen LogP contribution in [-0.2, 0) is 0 Å². The number of hydrogen-bond acceptors (Lipinski definition) is 1. The van der Waals surface area contributed by atoms with Crippen LogP contribution < -0.4 is 4.57 Å². The molecule has 0 aliphatic rings. The Morgan fingerprint density at radius 1 is 1.14 bits per heavy atom. The molecule has 0 bridgehead atoms. The maximum Gasteiger partial charge on any atom is 0.254 e. The number of rotatable bonds is 1. The molecular formula is C12H14NO+. The molecule has 0 atom stereocenters. The number of aromatic hydroxyl groups is 1. The van der Waals surface area contributed by atoms with Crippen molar-refractivity contribution in [2.24, 2.45) is 0 Å². The lowest BCUT2D eigenvalue weighted by molar-refractivity contribution is -0.691. The second-order valence-electron chi connectivity index (χ2n) is 3.72. The van der Waals surface area contributed by atoms with E-state index in [2.05, 4.69) is 18.4 Å². The summed E-state index contributed by atoms with van der Waals surface area (Å²) in [5.74, 6) is 0.344. The Morgan fingerprint density at radius 2 is 1.86 bits per heavy atom. The number of para-hydroxylation sites is 1. The largest absolute Gasteiger partial charge is 0.502 e. The number of aromatic nitrogens is 1. The van der Waals surface area contributed by atoms with Gasteiger partial charge in [0.25, 0.3) is 5.52 Å². The van der Waals surface area contributed by atoms with Gasteiger partial charge in [-0.05, 0) is 32.0 Å². The highest BCUT2D eigenvalue weighted by molar-refractivity contribution is 5.80. The van der Waals surface area contributed by atoms with Crippen LogP contribution in [0.2, 0.25) is 0 Å². The average molecular weight is 188 g/mol. The van der Waals surface area contributed by atoms with Crippen molar-refractivity contribution in [1.29, 1.82) is 0 Å². The van der Waals surface area contributed by atoms with Gasteiger partial charge in [0.05, 0.1) is 5.39 Å². The highest BCUT2D eigenvalue weighted by Crippen LogP contribution is 2.21. The van der Waals surface area contributed by atoms with Gasteiger partial charge < -0.3 is 5.11 Å². The van der Waals surface area contributed by atoms with Crippen LogP contribution in [0.1, 0.15) is 19.9 Å². The first-order valence-electron chi connectivity index (χ1n) is 4.82. The monoisotopic (exact) mass is 188 g/mol. The smallest absolute Gasteiger partial charge is 0.254 e. The lowest BCUT2D eigenvalue weighted by Crippen LogP contribution is -2.36. The molecule has 0 amide bonds. The fourth-order valence-electron chi connectivity index (χ4n) is 1.71. The Bertz CT molecular complexity index is 458. The Balaban J connectivity index is 2.84. The van der Waals surface area contributed by atoms with E-state index in [1.165, 1.54) is 0 Å². The van der Waals surface area contributed by atoms with Crippen LogP contribution >= 0.6 is 0 Å². The number of benzene rings is 1. The molecular weight excluding hydrogens is 174 g/mol. The number of fused-ring (bicyclic) bond motifs is 1. The van der Waals surface area contributed by atoms with Crippen LogP contribution in [0.5, 0.6) is 5.75 Å². The molecule has 0 aliphatic heterocycles. The predicted octanol–water partition coefficient (Wildman–Crippen LogP) is 2.41. The van der Waals surface area contributed by atoms with Crippen LogP contribution in [0, 0.1) is 0 Å². The van der Waals surface area contributed by atoms with E-state index in [1.807, 2.05) is 30.5 Å². The summed E-state index contributed by atoms with van der Waals surface area (Å²) < 4.78 is 2.07. The zero-order chi connectivity index (χ0) is 10.1. The third-order valence-electron chi connectivity index (χ3n) is 2.38. The van der Waals surface area contributed by atoms with Crippen molar-refractivity contribution in [3.63, 3.8) is 0 Å². The topological polar surface area (TPSA) is 24.1 Å². The summed E-state index contributed by atoms with van der Waals surface area (Å²) in [5, 5.41) is 10.9. The van der Waals surface area contributed by atoms with Gasteiger partial charge in [-0.3, -0.25) is 0 Å². The van der Waals surface area contributed by atoms with E-state index in [1.54, 1.807) is 6.07 Å². The fraction of sp³-hybridized carbons (Fsp3) is 0.250. The van der Waals surface area contributed by atoms with Crippen molar-refractivity contribution in [3.8, 4) is 5.75 Å². The Labute approximate surface area is 83.4 Å². The van der Waals surface area contributed by atoms with Gasteiger partial charge in [0.2, 0.25) is 0 Å². The van der Waals surface area contributed by atoms with E-state index in [-0.39, 0.29) is 0 Å². The first-order valence-corrected chi connectivity index (χ1v) is 4.82. The summed E-state index contributed by atoms with van der Waals surface area (Å²) in [4.78, 5) is 0. The molecule has 2 aromatic rings. The van der Waals surface area contributed by atoms with E-state index in [9.17, 15) is 5.11 Å². The highest BCUT2D eigenvalue weighted by atomic mass is 16.3. The normalized spacial score (nSPS) is 11.1. The minimum Gasteiger partial charge on any atom is -0.502 e. The van der Waals surface area contributed by atoms with Crippen LogP contribution in [0.4, 0.5) is 0 Å². The molecule has 1 N–H and O–H groups in total. The average Bonchev–Trinajstić information content (AvgIpc) is 2.17. The standard InChI is InChI=1S/C12H13NO/c1-9(2)13-8-4-6-10-5-3-7-11(14)12(10)13/h3-9H,1-2H3/p+1. The molecule has 0 spiro atoms. The second-order valence-corrected chi connectivity index (χ2v) is 3.72. The van der Waals surface area contributed by atoms with Gasteiger partial charge in [0.15, 0.2) is 18.0 Å². The van der Waals surface area contributed by atoms with E-state index >= 15 is 0 Å². The molecule has 2 heteroatoms. The molecule has 72 valence electrons. The summed E-state index contributed by atoms with van der Waals surface area (Å²) in [5.41, 5.74) is 0.907. The number of nitrogens with zero attached hydrogens (tertiary/aromatic N) is 1. The molecule has 0 saturated carbocycles. The number of phenols is 1. The summed E-state index contributed by atoms with van der Waals surface area (Å²) in [6, 6.07) is 9.96. The first kappa shape index (κ1) is 9.00. The highest BCUT2D eigenvalue weighted by Gasteiger charge is 2.14. The van der Waals surface area contributed by atoms with Crippen molar-refractivity contribution in [2.45, 2.75) is 19.9 Å². The molecule has 0 saturated heterocycles. The van der Waals surface area contributed by atoms with Crippen molar-refractivity contribution in [1.82, 2.24) is 0 Å². The third kappa shape index (κ3) is 1.33. The van der Waals surface area contributed by atoms with Gasteiger partial charge in [0, 0.05) is 6.07 Å². The van der Waals surface area contributed by atoms with Gasteiger partial charge >= 0.3 is 0 Å². The minimum absolute atomic E-state index is 0.344. The van der Waals surface area contributed by atoms with Crippen molar-refractivity contribution in [3.05, 3.63) is 36.5 Å². The van der Waals surface area contributed by atoms with E-state index < -0.39 is 0 Å². The van der Waals surface area contributed by atoms with Crippen molar-refractivity contribution >= 4 is 10.9 Å². The molecule has 0 aliphatic carbocycles. The predicted molar refractivity (Wildman–Crippen MR) is 56.2 cm³/mol. The van der Waals surface area contributed by atoms with Gasteiger partial charge in [-0.2, -0.15) is 4.57 Å². The maximum atomic E-state index is 9.78. The number of phenolic OH excluding ortho intramolecular Hbond substituents is 1. The fourth-order valence-corrected chi connectivity index (χ4v) is 1.71. The van der Waals surface area contributed by atoms with Crippen LogP contribution in [-0.4, -0.2) is 5.11 Å². The van der Waals surface area contributed by atoms with Crippen molar-refractivity contribution in [2.75, 3.05) is 0 Å². The van der Waals surface area contributed by atoms with Crippen molar-refractivity contribution < 1.29 is 9.67 Å². The first-order chi connectivity index (χ1) is 6.70. The minimum atomic E-state index is 0.344. The van der Waals surface area contributed by atoms with Crippen LogP contribution in [0.25, 0.3) is 10.9 Å². The molecule has 0 unspecified atom stereocenters. The molecule has 0 fully saturated rings. The van der Waals surface area contributed by atoms with Gasteiger partial charge in [-0.15, -0.1) is 0 Å². The van der Waals surface area contributed by atoms with E-state index in [4.69, 9.17) is 0 Å². The molecule has 1 heterocycles. The van der Waals surface area contributed by atoms with E-state index in [0.717, 1.165) is 10.9 Å². The number of pyridine rings is 1. The molecule has 2 nitrogen and oxygen atoms in total. The molecule has 1 aromatic carbocycles. The van der Waals surface area contributed by atoms with Gasteiger partial charge in [-0.25, -0.2) is 0 Å². The zero-order valence-corrected chi connectivity index (χ0v) is 8.44. The van der Waals surface area contributed by atoms with Crippen LogP contribution in [0.3, 0.4) is 0 Å². The maximum absolute atomic E-state index is 9.78. The summed E-state index contributed by atoms with van der Waals surface area (Å²) in [6.07, 6.45) is 1.99. The molecule has 0 radical (unpaired) electrons. The van der Waals surface area contributed by atoms with Gasteiger partial charge in [0.1, 0.15) is 0 Å². The Morgan fingerprint density at radius 3 is 2.57 bits per heavy atom.